The van der Waals surface area contributed by atoms with E-state index < -0.39 is 0 Å². The molecule has 2 aromatic rings. The minimum absolute atomic E-state index is 0.153. The zero-order chi connectivity index (χ0) is 11.5. The molecule has 0 bridgehead atoms. The summed E-state index contributed by atoms with van der Waals surface area (Å²) in [5.74, 6) is 1.00. The lowest BCUT2D eigenvalue weighted by Crippen LogP contribution is -1.97. The Kier molecular flexibility index (Phi) is 2.96. The number of hydrogen-bond acceptors (Lipinski definition) is 5. The summed E-state index contributed by atoms with van der Waals surface area (Å²) in [5.41, 5.74) is 6.26. The van der Waals surface area contributed by atoms with Crippen LogP contribution in [0.5, 0.6) is 5.75 Å². The van der Waals surface area contributed by atoms with Crippen molar-refractivity contribution < 1.29 is 5.11 Å². The third-order valence-electron chi connectivity index (χ3n) is 2.08. The Bertz CT molecular complexity index is 516. The summed E-state index contributed by atoms with van der Waals surface area (Å²) in [7, 11) is 0. The van der Waals surface area contributed by atoms with Crippen molar-refractivity contribution in [3.8, 4) is 17.1 Å². The lowest BCUT2D eigenvalue weighted by atomic mass is 10.2. The fourth-order valence-electron chi connectivity index (χ4n) is 1.33. The summed E-state index contributed by atoms with van der Waals surface area (Å²) >= 11 is 1.48. The fraction of sp³-hybridized carbons (Fsp3) is 0.0909. The quantitative estimate of drug-likeness (QED) is 0.614. The van der Waals surface area contributed by atoms with E-state index in [2.05, 4.69) is 9.97 Å². The van der Waals surface area contributed by atoms with Gasteiger partial charge in [-0.3, -0.25) is 0 Å². The van der Waals surface area contributed by atoms with Crippen LogP contribution in [0.25, 0.3) is 11.4 Å². The van der Waals surface area contributed by atoms with Gasteiger partial charge >= 0.3 is 0 Å². The van der Waals surface area contributed by atoms with Crippen LogP contribution in [-0.4, -0.2) is 21.3 Å². The maximum Gasteiger partial charge on any atom is 0.166 e. The molecular weight excluding hydrogens is 222 g/mol. The molecule has 2 rings (SSSR count). The van der Waals surface area contributed by atoms with Gasteiger partial charge in [-0.1, -0.05) is 12.1 Å². The van der Waals surface area contributed by atoms with Crippen LogP contribution in [0.1, 0.15) is 0 Å². The average molecular weight is 233 g/mol. The number of anilines is 1. The molecule has 16 heavy (non-hydrogen) atoms. The van der Waals surface area contributed by atoms with Gasteiger partial charge in [-0.05, 0) is 18.4 Å². The summed E-state index contributed by atoms with van der Waals surface area (Å²) in [6.07, 6.45) is 1.91. The molecule has 82 valence electrons. The Morgan fingerprint density at radius 2 is 2.00 bits per heavy atom. The minimum Gasteiger partial charge on any atom is -0.507 e. The van der Waals surface area contributed by atoms with E-state index in [1.54, 1.807) is 24.3 Å². The van der Waals surface area contributed by atoms with Gasteiger partial charge in [0.25, 0.3) is 0 Å². The molecule has 0 aliphatic heterocycles. The predicted octanol–water partition coefficient (Wildman–Crippen LogP) is 2.15. The van der Waals surface area contributed by atoms with Gasteiger partial charge in [-0.2, -0.15) is 0 Å². The number of aromatic hydroxyl groups is 1. The van der Waals surface area contributed by atoms with Crippen LogP contribution in [0.15, 0.2) is 35.4 Å². The maximum atomic E-state index is 9.69. The van der Waals surface area contributed by atoms with Crippen molar-refractivity contribution in [3.63, 3.8) is 0 Å². The fourth-order valence-corrected chi connectivity index (χ4v) is 1.75. The van der Waals surface area contributed by atoms with Gasteiger partial charge in [0.1, 0.15) is 16.6 Å². The van der Waals surface area contributed by atoms with E-state index >= 15 is 0 Å². The number of phenols is 1. The van der Waals surface area contributed by atoms with Crippen molar-refractivity contribution in [3.05, 3.63) is 30.3 Å². The van der Waals surface area contributed by atoms with Crippen molar-refractivity contribution in [1.29, 1.82) is 0 Å². The monoisotopic (exact) mass is 233 g/mol. The number of nitrogens with two attached hydrogens (primary N) is 1. The third-order valence-corrected chi connectivity index (χ3v) is 2.70. The number of para-hydroxylation sites is 1. The van der Waals surface area contributed by atoms with Crippen LogP contribution in [0.4, 0.5) is 5.82 Å². The van der Waals surface area contributed by atoms with Crippen molar-refractivity contribution >= 4 is 17.6 Å². The Hall–Kier alpha value is -1.75. The minimum atomic E-state index is 0.153. The van der Waals surface area contributed by atoms with Gasteiger partial charge in [0.2, 0.25) is 0 Å². The van der Waals surface area contributed by atoms with Gasteiger partial charge in [0.15, 0.2) is 5.82 Å². The number of aromatic nitrogens is 2. The first-order valence-electron chi connectivity index (χ1n) is 4.67. The number of rotatable bonds is 2. The Labute approximate surface area is 97.5 Å². The molecule has 0 aliphatic rings. The Morgan fingerprint density at radius 3 is 2.69 bits per heavy atom. The van der Waals surface area contributed by atoms with Gasteiger partial charge in [0, 0.05) is 6.07 Å². The van der Waals surface area contributed by atoms with E-state index in [4.69, 9.17) is 5.73 Å². The van der Waals surface area contributed by atoms with Crippen molar-refractivity contribution in [2.75, 3.05) is 12.0 Å². The number of nitrogens with zero attached hydrogens (tertiary/aromatic N) is 2. The van der Waals surface area contributed by atoms with E-state index in [-0.39, 0.29) is 5.75 Å². The number of thioether (sulfide) groups is 1. The number of benzene rings is 1. The molecule has 0 atom stereocenters. The lowest BCUT2D eigenvalue weighted by molar-refractivity contribution is 0.477. The Balaban J connectivity index is 2.56. The molecule has 0 radical (unpaired) electrons. The second-order valence-corrected chi connectivity index (χ2v) is 4.00. The standard InChI is InChI=1S/C11H11N3OS/c1-16-10-6-9(12)13-11(14-10)7-4-2-3-5-8(7)15/h2-6,15H,1H3,(H2,12,13,14). The van der Waals surface area contributed by atoms with E-state index in [0.29, 0.717) is 17.2 Å². The highest BCUT2D eigenvalue weighted by Crippen LogP contribution is 2.27. The molecule has 5 heteroatoms. The Morgan fingerprint density at radius 1 is 1.25 bits per heavy atom. The molecule has 3 N–H and O–H groups in total. The second-order valence-electron chi connectivity index (χ2n) is 3.18. The van der Waals surface area contributed by atoms with Gasteiger partial charge in [-0.15, -0.1) is 11.8 Å². The molecule has 0 spiro atoms. The summed E-state index contributed by atoms with van der Waals surface area (Å²) < 4.78 is 0. The van der Waals surface area contributed by atoms with Crippen LogP contribution < -0.4 is 5.73 Å². The van der Waals surface area contributed by atoms with Crippen molar-refractivity contribution in [2.45, 2.75) is 5.03 Å². The molecular formula is C11H11N3OS. The highest BCUT2D eigenvalue weighted by Gasteiger charge is 2.08. The molecule has 1 aromatic heterocycles. The molecule has 1 aromatic carbocycles. The highest BCUT2D eigenvalue weighted by molar-refractivity contribution is 7.98. The van der Waals surface area contributed by atoms with Gasteiger partial charge in [0.05, 0.1) is 5.56 Å². The first kappa shape index (κ1) is 10.8. The predicted molar refractivity (Wildman–Crippen MR) is 65.3 cm³/mol. The van der Waals surface area contributed by atoms with Crippen LogP contribution in [0.2, 0.25) is 0 Å². The molecule has 0 fully saturated rings. The zero-order valence-electron chi connectivity index (χ0n) is 8.71. The summed E-state index contributed by atoms with van der Waals surface area (Å²) in [4.78, 5) is 8.40. The first-order valence-corrected chi connectivity index (χ1v) is 5.90. The third kappa shape index (κ3) is 2.09. The summed E-state index contributed by atoms with van der Waals surface area (Å²) in [6.45, 7) is 0. The smallest absolute Gasteiger partial charge is 0.166 e. The highest BCUT2D eigenvalue weighted by atomic mass is 32.2. The zero-order valence-corrected chi connectivity index (χ0v) is 9.53. The largest absolute Gasteiger partial charge is 0.507 e. The number of phenolic OH excluding ortho intramolecular Hbond substituents is 1. The number of hydrogen-bond donors (Lipinski definition) is 2. The summed E-state index contributed by atoms with van der Waals surface area (Å²) in [6, 6.07) is 8.63. The van der Waals surface area contributed by atoms with E-state index in [1.807, 2.05) is 12.3 Å². The van der Waals surface area contributed by atoms with E-state index in [9.17, 15) is 5.11 Å². The van der Waals surface area contributed by atoms with E-state index in [0.717, 1.165) is 5.03 Å². The molecule has 0 aliphatic carbocycles. The average Bonchev–Trinajstić information content (AvgIpc) is 2.28. The molecule has 0 saturated heterocycles. The normalized spacial score (nSPS) is 10.3. The van der Waals surface area contributed by atoms with Crippen molar-refractivity contribution in [2.24, 2.45) is 0 Å². The lowest BCUT2D eigenvalue weighted by Gasteiger charge is -2.05. The molecule has 4 nitrogen and oxygen atoms in total. The van der Waals surface area contributed by atoms with Crippen LogP contribution >= 0.6 is 11.8 Å². The van der Waals surface area contributed by atoms with Crippen LogP contribution in [-0.2, 0) is 0 Å². The second kappa shape index (κ2) is 4.40. The van der Waals surface area contributed by atoms with Crippen molar-refractivity contribution in [1.82, 2.24) is 9.97 Å². The van der Waals surface area contributed by atoms with Crippen LogP contribution in [0, 0.1) is 0 Å². The maximum absolute atomic E-state index is 9.69. The van der Waals surface area contributed by atoms with Gasteiger partial charge in [-0.25, -0.2) is 9.97 Å². The van der Waals surface area contributed by atoms with Crippen LogP contribution in [0.3, 0.4) is 0 Å². The molecule has 0 unspecified atom stereocenters. The number of nitrogen functional groups attached to an aromatic ring is 1. The first-order chi connectivity index (χ1) is 7.70. The van der Waals surface area contributed by atoms with Gasteiger partial charge < -0.3 is 10.8 Å². The molecule has 0 saturated carbocycles. The molecule has 0 amide bonds. The SMILES string of the molecule is CSc1cc(N)nc(-c2ccccc2O)n1. The summed E-state index contributed by atoms with van der Waals surface area (Å²) in [5, 5.41) is 10.5. The topological polar surface area (TPSA) is 72.0 Å². The van der Waals surface area contributed by atoms with E-state index in [1.165, 1.54) is 11.8 Å². The molecule has 1 heterocycles.